The Morgan fingerprint density at radius 2 is 2.14 bits per heavy atom. The average molecular weight is 333 g/mol. The molecule has 1 fully saturated rings. The molecule has 1 heterocycles. The van der Waals surface area contributed by atoms with E-state index in [2.05, 4.69) is 0 Å². The smallest absolute Gasteiger partial charge is 0.324 e. The number of nitrogens with two attached hydrogens (primary N) is 1. The van der Waals surface area contributed by atoms with Crippen LogP contribution in [-0.4, -0.2) is 38.4 Å². The van der Waals surface area contributed by atoms with Gasteiger partial charge in [0.05, 0.1) is 22.7 Å². The average Bonchev–Trinajstić information content (AvgIpc) is 2.49. The Morgan fingerprint density at radius 1 is 1.43 bits per heavy atom. The molecule has 0 aliphatic carbocycles. The van der Waals surface area contributed by atoms with Gasteiger partial charge in [0.2, 0.25) is 10.0 Å². The lowest BCUT2D eigenvalue weighted by atomic mass is 10.1. The monoisotopic (exact) mass is 332 g/mol. The molecule has 1 aliphatic rings. The number of sulfonamides is 1. The number of esters is 1. The van der Waals surface area contributed by atoms with Crippen LogP contribution in [0.15, 0.2) is 23.1 Å². The van der Waals surface area contributed by atoms with Crippen molar-refractivity contribution in [3.63, 3.8) is 0 Å². The molecule has 1 aliphatic heterocycles. The SMILES string of the molecule is COC(=O)C1CCCCN1S(=O)(=O)c1ccc(Cl)c(N)c1. The van der Waals surface area contributed by atoms with Crippen LogP contribution in [0.3, 0.4) is 0 Å². The van der Waals surface area contributed by atoms with Crippen LogP contribution in [0.4, 0.5) is 5.69 Å². The first-order valence-corrected chi connectivity index (χ1v) is 8.34. The van der Waals surface area contributed by atoms with E-state index in [0.29, 0.717) is 12.8 Å². The fourth-order valence-corrected chi connectivity index (χ4v) is 4.18. The number of hydrogen-bond donors (Lipinski definition) is 1. The van der Waals surface area contributed by atoms with E-state index in [1.54, 1.807) is 0 Å². The first-order chi connectivity index (χ1) is 9.87. The summed E-state index contributed by atoms with van der Waals surface area (Å²) in [5, 5.41) is 0.289. The molecule has 0 aromatic heterocycles. The minimum atomic E-state index is -3.81. The maximum Gasteiger partial charge on any atom is 0.324 e. The van der Waals surface area contributed by atoms with Crippen molar-refractivity contribution in [2.24, 2.45) is 0 Å². The minimum absolute atomic E-state index is 0.0280. The van der Waals surface area contributed by atoms with Crippen molar-refractivity contribution in [2.75, 3.05) is 19.4 Å². The number of methoxy groups -OCH3 is 1. The largest absolute Gasteiger partial charge is 0.468 e. The van der Waals surface area contributed by atoms with Crippen molar-refractivity contribution in [3.8, 4) is 0 Å². The van der Waals surface area contributed by atoms with Gasteiger partial charge in [0.15, 0.2) is 0 Å². The molecule has 1 saturated heterocycles. The highest BCUT2D eigenvalue weighted by Crippen LogP contribution is 2.29. The van der Waals surface area contributed by atoms with E-state index in [4.69, 9.17) is 22.1 Å². The highest BCUT2D eigenvalue weighted by atomic mass is 35.5. The van der Waals surface area contributed by atoms with Crippen LogP contribution in [0.2, 0.25) is 5.02 Å². The fourth-order valence-electron chi connectivity index (χ4n) is 2.38. The number of anilines is 1. The van der Waals surface area contributed by atoms with Gasteiger partial charge in [-0.15, -0.1) is 0 Å². The number of carbonyl (C=O) groups is 1. The van der Waals surface area contributed by atoms with E-state index in [0.717, 1.165) is 6.42 Å². The van der Waals surface area contributed by atoms with E-state index in [1.807, 2.05) is 0 Å². The lowest BCUT2D eigenvalue weighted by molar-refractivity contribution is -0.146. The third kappa shape index (κ3) is 3.14. The van der Waals surface area contributed by atoms with Gasteiger partial charge in [0, 0.05) is 6.54 Å². The number of piperidine rings is 1. The van der Waals surface area contributed by atoms with Crippen molar-refractivity contribution in [1.82, 2.24) is 4.31 Å². The maximum absolute atomic E-state index is 12.7. The van der Waals surface area contributed by atoms with Gasteiger partial charge >= 0.3 is 5.97 Å². The van der Waals surface area contributed by atoms with Crippen LogP contribution in [0, 0.1) is 0 Å². The number of halogens is 1. The molecule has 0 bridgehead atoms. The summed E-state index contributed by atoms with van der Waals surface area (Å²) in [7, 11) is -2.56. The summed E-state index contributed by atoms with van der Waals surface area (Å²) < 4.78 is 31.3. The van der Waals surface area contributed by atoms with Crippen LogP contribution < -0.4 is 5.73 Å². The van der Waals surface area contributed by atoms with Gasteiger partial charge in [-0.05, 0) is 37.5 Å². The summed E-state index contributed by atoms with van der Waals surface area (Å²) in [6.07, 6.45) is 1.94. The number of ether oxygens (including phenoxy) is 1. The van der Waals surface area contributed by atoms with Crippen molar-refractivity contribution in [3.05, 3.63) is 23.2 Å². The first kappa shape index (κ1) is 16.1. The van der Waals surface area contributed by atoms with Crippen molar-refractivity contribution in [1.29, 1.82) is 0 Å². The molecular weight excluding hydrogens is 316 g/mol. The maximum atomic E-state index is 12.7. The lowest BCUT2D eigenvalue weighted by Gasteiger charge is -2.32. The number of hydrogen-bond acceptors (Lipinski definition) is 5. The lowest BCUT2D eigenvalue weighted by Crippen LogP contribution is -2.48. The third-order valence-corrected chi connectivity index (χ3v) is 5.75. The normalized spacial score (nSPS) is 20.2. The quantitative estimate of drug-likeness (QED) is 0.671. The summed E-state index contributed by atoms with van der Waals surface area (Å²) in [5.41, 5.74) is 5.85. The number of benzene rings is 1. The Morgan fingerprint density at radius 3 is 2.76 bits per heavy atom. The van der Waals surface area contributed by atoms with Crippen LogP contribution in [0.5, 0.6) is 0 Å². The molecule has 1 atom stereocenters. The van der Waals surface area contributed by atoms with Gasteiger partial charge in [-0.1, -0.05) is 11.6 Å². The molecule has 2 N–H and O–H groups in total. The molecule has 0 radical (unpaired) electrons. The number of nitrogen functional groups attached to an aromatic ring is 1. The summed E-state index contributed by atoms with van der Waals surface area (Å²) in [6, 6.07) is 3.34. The highest BCUT2D eigenvalue weighted by molar-refractivity contribution is 7.89. The van der Waals surface area contributed by atoms with Gasteiger partial charge in [-0.2, -0.15) is 4.31 Å². The molecule has 0 spiro atoms. The number of rotatable bonds is 3. The number of nitrogens with zero attached hydrogens (tertiary/aromatic N) is 1. The fraction of sp³-hybridized carbons (Fsp3) is 0.462. The van der Waals surface area contributed by atoms with Crippen molar-refractivity contribution in [2.45, 2.75) is 30.2 Å². The minimum Gasteiger partial charge on any atom is -0.468 e. The van der Waals surface area contributed by atoms with E-state index >= 15 is 0 Å². The van der Waals surface area contributed by atoms with Gasteiger partial charge in [0.1, 0.15) is 6.04 Å². The van der Waals surface area contributed by atoms with Gasteiger partial charge in [-0.3, -0.25) is 4.79 Å². The second-order valence-corrected chi connectivity index (χ2v) is 7.13. The molecule has 6 nitrogen and oxygen atoms in total. The summed E-state index contributed by atoms with van der Waals surface area (Å²) >= 11 is 5.81. The van der Waals surface area contributed by atoms with E-state index < -0.39 is 22.0 Å². The predicted molar refractivity (Wildman–Crippen MR) is 79.4 cm³/mol. The predicted octanol–water partition coefficient (Wildman–Crippen LogP) is 1.64. The second-order valence-electron chi connectivity index (χ2n) is 4.83. The third-order valence-electron chi connectivity index (χ3n) is 3.50. The Balaban J connectivity index is 2.40. The van der Waals surface area contributed by atoms with Gasteiger partial charge in [-0.25, -0.2) is 8.42 Å². The second kappa shape index (κ2) is 6.21. The zero-order valence-electron chi connectivity index (χ0n) is 11.6. The molecule has 1 aromatic carbocycles. The summed E-state index contributed by atoms with van der Waals surface area (Å²) in [5.74, 6) is -0.541. The summed E-state index contributed by atoms with van der Waals surface area (Å²) in [4.78, 5) is 11.8. The molecule has 2 rings (SSSR count). The van der Waals surface area contributed by atoms with E-state index in [-0.39, 0.29) is 22.2 Å². The van der Waals surface area contributed by atoms with Crippen molar-refractivity contribution >= 4 is 33.3 Å². The van der Waals surface area contributed by atoms with E-state index in [9.17, 15) is 13.2 Å². The molecule has 8 heteroatoms. The Bertz CT molecular complexity index is 648. The molecule has 1 unspecified atom stereocenters. The van der Waals surface area contributed by atoms with Gasteiger partial charge in [0.25, 0.3) is 0 Å². The zero-order valence-corrected chi connectivity index (χ0v) is 13.2. The van der Waals surface area contributed by atoms with Crippen LogP contribution in [-0.2, 0) is 19.6 Å². The van der Waals surface area contributed by atoms with Gasteiger partial charge < -0.3 is 10.5 Å². The molecule has 0 amide bonds. The molecule has 1 aromatic rings. The molecule has 21 heavy (non-hydrogen) atoms. The van der Waals surface area contributed by atoms with Crippen LogP contribution >= 0.6 is 11.6 Å². The van der Waals surface area contributed by atoms with Crippen LogP contribution in [0.25, 0.3) is 0 Å². The topological polar surface area (TPSA) is 89.7 Å². The summed E-state index contributed by atoms with van der Waals surface area (Å²) in [6.45, 7) is 0.282. The van der Waals surface area contributed by atoms with E-state index in [1.165, 1.54) is 29.6 Å². The molecule has 116 valence electrons. The molecule has 0 saturated carbocycles. The number of carbonyl (C=O) groups excluding carboxylic acids is 1. The highest BCUT2D eigenvalue weighted by Gasteiger charge is 2.38. The Labute approximate surface area is 128 Å². The molecular formula is C13H17ClN2O4S. The standard InChI is InChI=1S/C13H17ClN2O4S/c1-20-13(17)12-4-2-3-7-16(12)21(18,19)9-5-6-10(14)11(15)8-9/h5-6,8,12H,2-4,7,15H2,1H3. The Hall–Kier alpha value is -1.31. The van der Waals surface area contributed by atoms with Crippen molar-refractivity contribution < 1.29 is 17.9 Å². The first-order valence-electron chi connectivity index (χ1n) is 6.52. The zero-order chi connectivity index (χ0) is 15.6. The Kier molecular flexibility index (Phi) is 4.75. The van der Waals surface area contributed by atoms with Crippen LogP contribution in [0.1, 0.15) is 19.3 Å².